The first-order valence-corrected chi connectivity index (χ1v) is 14.2. The number of hydrogen-bond donors (Lipinski definition) is 2. The number of halogens is 1. The van der Waals surface area contributed by atoms with Crippen molar-refractivity contribution in [2.75, 3.05) is 18.4 Å². The molecule has 0 spiro atoms. The summed E-state index contributed by atoms with van der Waals surface area (Å²) >= 11 is 3.14. The molecule has 2 atom stereocenters. The smallest absolute Gasteiger partial charge is 0.245 e. The highest BCUT2D eigenvalue weighted by molar-refractivity contribution is 9.09. The molecule has 1 aromatic rings. The Balaban J connectivity index is 2.01. The lowest BCUT2D eigenvalue weighted by molar-refractivity contribution is -0.140. The number of carbonyl (C=O) groups excluding carboxylic acids is 5. The SMILES string of the molecule is CC(=O)[C@@H](CCCCCC(=O)CBr)C(=O)NC(C)(C)C(=O)N[C@@H](Cc1ccccc1)C(=O)N1CCCC1. The van der Waals surface area contributed by atoms with Crippen LogP contribution in [0.15, 0.2) is 30.3 Å². The summed E-state index contributed by atoms with van der Waals surface area (Å²) in [6, 6.07) is 8.75. The van der Waals surface area contributed by atoms with Crippen LogP contribution in [0, 0.1) is 5.92 Å². The minimum Gasteiger partial charge on any atom is -0.342 e. The molecule has 37 heavy (non-hydrogen) atoms. The summed E-state index contributed by atoms with van der Waals surface area (Å²) in [5, 5.41) is 5.92. The highest BCUT2D eigenvalue weighted by atomic mass is 79.9. The fraction of sp³-hybridized carbons (Fsp3) is 0.607. The number of amides is 3. The van der Waals surface area contributed by atoms with Crippen LogP contribution in [0.3, 0.4) is 0 Å². The summed E-state index contributed by atoms with van der Waals surface area (Å²) in [7, 11) is 0. The molecule has 9 heteroatoms. The van der Waals surface area contributed by atoms with Crippen LogP contribution in [0.1, 0.15) is 71.3 Å². The fourth-order valence-electron chi connectivity index (χ4n) is 4.43. The van der Waals surface area contributed by atoms with Crippen molar-refractivity contribution in [3.05, 3.63) is 35.9 Å². The second-order valence-electron chi connectivity index (χ2n) is 10.3. The van der Waals surface area contributed by atoms with E-state index in [-0.39, 0.29) is 17.5 Å². The lowest BCUT2D eigenvalue weighted by atomic mass is 9.93. The molecular formula is C28H40BrN3O5. The van der Waals surface area contributed by atoms with Gasteiger partial charge in [-0.1, -0.05) is 59.1 Å². The third-order valence-electron chi connectivity index (χ3n) is 6.71. The number of nitrogens with one attached hydrogen (secondary N) is 2. The van der Waals surface area contributed by atoms with Gasteiger partial charge in [0.1, 0.15) is 23.1 Å². The Hall–Kier alpha value is -2.55. The first-order chi connectivity index (χ1) is 17.5. The zero-order valence-electron chi connectivity index (χ0n) is 22.2. The number of unbranched alkanes of at least 4 members (excludes halogenated alkanes) is 2. The highest BCUT2D eigenvalue weighted by Gasteiger charge is 2.36. The first-order valence-electron chi connectivity index (χ1n) is 13.1. The zero-order chi connectivity index (χ0) is 27.4. The Labute approximate surface area is 228 Å². The summed E-state index contributed by atoms with van der Waals surface area (Å²) in [4.78, 5) is 64.9. The number of benzene rings is 1. The van der Waals surface area contributed by atoms with Crippen LogP contribution >= 0.6 is 15.9 Å². The molecule has 1 aliphatic heterocycles. The van der Waals surface area contributed by atoms with E-state index in [4.69, 9.17) is 0 Å². The van der Waals surface area contributed by atoms with Crippen molar-refractivity contribution in [1.82, 2.24) is 15.5 Å². The number of Topliss-reactive ketones (excluding diaryl/α,β-unsaturated/α-hetero) is 2. The van der Waals surface area contributed by atoms with Gasteiger partial charge in [0, 0.05) is 25.9 Å². The second-order valence-corrected chi connectivity index (χ2v) is 10.9. The molecule has 2 N–H and O–H groups in total. The normalized spacial score (nSPS) is 15.1. The predicted octanol–water partition coefficient (Wildman–Crippen LogP) is 3.35. The Morgan fingerprint density at radius 1 is 1.00 bits per heavy atom. The van der Waals surface area contributed by atoms with E-state index < -0.39 is 29.3 Å². The number of hydrogen-bond acceptors (Lipinski definition) is 5. The lowest BCUT2D eigenvalue weighted by Gasteiger charge is -2.31. The summed E-state index contributed by atoms with van der Waals surface area (Å²) in [6.45, 7) is 5.86. The standard InChI is InChI=1S/C28H40BrN3O5/c1-20(33)23(15-9-5-8-14-22(34)19-29)25(35)31-28(2,3)27(37)30-24(18-21-12-6-4-7-13-21)26(36)32-16-10-11-17-32/h4,6-7,12-13,23-24H,5,8-11,14-19H2,1-3H3,(H,30,37)(H,31,35)/t23-,24+/m1/s1. The molecule has 1 aromatic carbocycles. The topological polar surface area (TPSA) is 113 Å². The van der Waals surface area contributed by atoms with Crippen molar-refractivity contribution in [2.45, 2.75) is 83.7 Å². The van der Waals surface area contributed by atoms with Crippen molar-refractivity contribution in [2.24, 2.45) is 5.92 Å². The maximum atomic E-state index is 13.3. The van der Waals surface area contributed by atoms with E-state index >= 15 is 0 Å². The molecule has 0 aliphatic carbocycles. The van der Waals surface area contributed by atoms with Gasteiger partial charge in [0.05, 0.1) is 11.2 Å². The van der Waals surface area contributed by atoms with Gasteiger partial charge in [0.15, 0.2) is 0 Å². The fourth-order valence-corrected chi connectivity index (χ4v) is 4.71. The quantitative estimate of drug-likeness (QED) is 0.188. The second kappa shape index (κ2) is 15.0. The summed E-state index contributed by atoms with van der Waals surface area (Å²) < 4.78 is 0. The number of likely N-dealkylation sites (tertiary alicyclic amines) is 1. The van der Waals surface area contributed by atoms with Gasteiger partial charge >= 0.3 is 0 Å². The Morgan fingerprint density at radius 3 is 2.24 bits per heavy atom. The van der Waals surface area contributed by atoms with Crippen molar-refractivity contribution in [1.29, 1.82) is 0 Å². The molecule has 3 amide bonds. The van der Waals surface area contributed by atoms with Gasteiger partial charge in [0.25, 0.3) is 0 Å². The minimum absolute atomic E-state index is 0.127. The molecule has 1 saturated heterocycles. The molecule has 1 aliphatic rings. The average molecular weight is 579 g/mol. The molecular weight excluding hydrogens is 538 g/mol. The number of rotatable bonds is 15. The molecule has 2 rings (SSSR count). The average Bonchev–Trinajstić information content (AvgIpc) is 3.40. The maximum Gasteiger partial charge on any atom is 0.245 e. The van der Waals surface area contributed by atoms with Crippen molar-refractivity contribution in [3.8, 4) is 0 Å². The van der Waals surface area contributed by atoms with E-state index in [0.29, 0.717) is 50.5 Å². The zero-order valence-corrected chi connectivity index (χ0v) is 23.8. The summed E-state index contributed by atoms with van der Waals surface area (Å²) in [6.07, 6.45) is 5.12. The van der Waals surface area contributed by atoms with E-state index in [9.17, 15) is 24.0 Å². The van der Waals surface area contributed by atoms with Crippen LogP contribution in [0.25, 0.3) is 0 Å². The van der Waals surface area contributed by atoms with Gasteiger partial charge in [-0.3, -0.25) is 24.0 Å². The number of carbonyl (C=O) groups is 5. The summed E-state index contributed by atoms with van der Waals surface area (Å²) in [5.74, 6) is -2.12. The molecule has 0 saturated carbocycles. The van der Waals surface area contributed by atoms with Crippen LogP contribution in [0.4, 0.5) is 0 Å². The van der Waals surface area contributed by atoms with E-state index in [0.717, 1.165) is 24.8 Å². The van der Waals surface area contributed by atoms with Crippen LogP contribution in [0.5, 0.6) is 0 Å². The number of ketones is 2. The molecule has 204 valence electrons. The Morgan fingerprint density at radius 2 is 1.65 bits per heavy atom. The van der Waals surface area contributed by atoms with Gasteiger partial charge in [0.2, 0.25) is 17.7 Å². The van der Waals surface area contributed by atoms with Gasteiger partial charge in [-0.25, -0.2) is 0 Å². The third kappa shape index (κ3) is 10.0. The van der Waals surface area contributed by atoms with E-state index in [1.165, 1.54) is 6.92 Å². The third-order valence-corrected chi connectivity index (χ3v) is 7.34. The summed E-state index contributed by atoms with van der Waals surface area (Å²) in [5.41, 5.74) is -0.399. The Kier molecular flexibility index (Phi) is 12.4. The van der Waals surface area contributed by atoms with Crippen LogP contribution in [0.2, 0.25) is 0 Å². The highest BCUT2D eigenvalue weighted by Crippen LogP contribution is 2.17. The molecule has 0 aromatic heterocycles. The molecule has 1 heterocycles. The van der Waals surface area contributed by atoms with Gasteiger partial charge in [-0.05, 0) is 52.0 Å². The van der Waals surface area contributed by atoms with Crippen LogP contribution < -0.4 is 10.6 Å². The van der Waals surface area contributed by atoms with Gasteiger partial charge in [-0.2, -0.15) is 0 Å². The molecule has 0 unspecified atom stereocenters. The van der Waals surface area contributed by atoms with Crippen molar-refractivity contribution in [3.63, 3.8) is 0 Å². The van der Waals surface area contributed by atoms with E-state index in [2.05, 4.69) is 26.6 Å². The lowest BCUT2D eigenvalue weighted by Crippen LogP contribution is -2.60. The van der Waals surface area contributed by atoms with Crippen LogP contribution in [-0.4, -0.2) is 64.2 Å². The minimum atomic E-state index is -1.33. The largest absolute Gasteiger partial charge is 0.342 e. The predicted molar refractivity (Wildman–Crippen MR) is 146 cm³/mol. The van der Waals surface area contributed by atoms with Crippen LogP contribution in [-0.2, 0) is 30.4 Å². The van der Waals surface area contributed by atoms with E-state index in [1.54, 1.807) is 18.7 Å². The van der Waals surface area contributed by atoms with Crippen molar-refractivity contribution < 1.29 is 24.0 Å². The number of alkyl halides is 1. The Bertz CT molecular complexity index is 944. The first kappa shape index (κ1) is 30.7. The molecule has 8 nitrogen and oxygen atoms in total. The molecule has 1 fully saturated rings. The van der Waals surface area contributed by atoms with Gasteiger partial charge < -0.3 is 15.5 Å². The molecule has 0 bridgehead atoms. The van der Waals surface area contributed by atoms with Gasteiger partial charge in [-0.15, -0.1) is 0 Å². The van der Waals surface area contributed by atoms with E-state index in [1.807, 2.05) is 30.3 Å². The molecule has 0 radical (unpaired) electrons. The maximum absolute atomic E-state index is 13.3. The number of nitrogens with zero attached hydrogens (tertiary/aromatic N) is 1. The van der Waals surface area contributed by atoms with Crippen molar-refractivity contribution >= 4 is 45.2 Å². The monoisotopic (exact) mass is 577 g/mol.